The predicted octanol–water partition coefficient (Wildman–Crippen LogP) is 2.42. The zero-order chi connectivity index (χ0) is 17.3. The van der Waals surface area contributed by atoms with Crippen molar-refractivity contribution in [3.05, 3.63) is 52.5 Å². The number of ether oxygens (including phenoxy) is 1. The Morgan fingerprint density at radius 1 is 1.38 bits per heavy atom. The zero-order valence-electron chi connectivity index (χ0n) is 13.7. The third-order valence-electron chi connectivity index (χ3n) is 4.31. The molecule has 0 unspecified atom stereocenters. The van der Waals surface area contributed by atoms with Crippen molar-refractivity contribution in [3.63, 3.8) is 0 Å². The maximum atomic E-state index is 12.9. The van der Waals surface area contributed by atoms with E-state index >= 15 is 0 Å². The number of furan rings is 1. The van der Waals surface area contributed by atoms with Gasteiger partial charge in [0, 0.05) is 24.2 Å². The topological polar surface area (TPSA) is 80.0 Å². The summed E-state index contributed by atoms with van der Waals surface area (Å²) in [7, 11) is 1.64. The molecule has 0 atom stereocenters. The molecule has 0 fully saturated rings. The first-order chi connectivity index (χ1) is 11.5. The molecular weight excluding hydrogens is 310 g/mol. The van der Waals surface area contributed by atoms with E-state index in [1.807, 2.05) is 18.2 Å². The monoisotopic (exact) mass is 329 g/mol. The van der Waals surface area contributed by atoms with Crippen molar-refractivity contribution in [2.24, 2.45) is 0 Å². The Balaban J connectivity index is 1.87. The molecule has 2 aromatic rings. The van der Waals surface area contributed by atoms with Crippen molar-refractivity contribution < 1.29 is 23.8 Å². The van der Waals surface area contributed by atoms with Crippen LogP contribution in [0.2, 0.25) is 0 Å². The first-order valence-corrected chi connectivity index (χ1v) is 7.74. The second kappa shape index (κ2) is 6.39. The van der Waals surface area contributed by atoms with E-state index in [0.717, 1.165) is 16.9 Å². The molecule has 0 spiro atoms. The summed E-state index contributed by atoms with van der Waals surface area (Å²) in [6.45, 7) is 2.79. The summed E-state index contributed by atoms with van der Waals surface area (Å²) in [6.07, 6.45) is 1.84. The van der Waals surface area contributed by atoms with E-state index in [0.29, 0.717) is 30.6 Å². The summed E-state index contributed by atoms with van der Waals surface area (Å²) in [5, 5.41) is 8.98. The van der Waals surface area contributed by atoms with Gasteiger partial charge in [0.05, 0.1) is 18.9 Å². The first-order valence-electron chi connectivity index (χ1n) is 7.74. The van der Waals surface area contributed by atoms with Crippen LogP contribution in [0.1, 0.15) is 32.8 Å². The third-order valence-corrected chi connectivity index (χ3v) is 4.31. The second-order valence-corrected chi connectivity index (χ2v) is 5.86. The van der Waals surface area contributed by atoms with E-state index in [4.69, 9.17) is 14.3 Å². The van der Waals surface area contributed by atoms with Crippen LogP contribution in [-0.2, 0) is 24.2 Å². The summed E-state index contributed by atoms with van der Waals surface area (Å²) < 4.78 is 10.7. The van der Waals surface area contributed by atoms with Crippen LogP contribution in [0.15, 0.2) is 28.9 Å². The Labute approximate surface area is 139 Å². The lowest BCUT2D eigenvalue weighted by Gasteiger charge is -2.30. The Morgan fingerprint density at radius 2 is 2.17 bits per heavy atom. The summed E-state index contributed by atoms with van der Waals surface area (Å²) in [4.78, 5) is 25.6. The second-order valence-electron chi connectivity index (χ2n) is 5.86. The molecule has 24 heavy (non-hydrogen) atoms. The molecule has 1 aromatic heterocycles. The van der Waals surface area contributed by atoms with Crippen LogP contribution in [0.25, 0.3) is 0 Å². The number of rotatable bonds is 4. The van der Waals surface area contributed by atoms with E-state index in [2.05, 4.69) is 0 Å². The lowest BCUT2D eigenvalue weighted by atomic mass is 9.97. The smallest absolute Gasteiger partial charge is 0.311 e. The minimum absolute atomic E-state index is 0.189. The number of carbonyl (C=O) groups is 2. The number of nitrogens with zero attached hydrogens (tertiary/aromatic N) is 1. The van der Waals surface area contributed by atoms with Gasteiger partial charge in [-0.1, -0.05) is 12.1 Å². The number of benzene rings is 1. The first kappa shape index (κ1) is 16.1. The standard InChI is InChI=1S/C18H19NO5/c1-11-10-24-15(8-16(20)21)17(11)18(22)19-7-6-13-12(9-19)4-3-5-14(13)23-2/h3-5,10H,6-9H2,1-2H3,(H,20,21). The van der Waals surface area contributed by atoms with Crippen molar-refractivity contribution in [2.45, 2.75) is 26.3 Å². The van der Waals surface area contributed by atoms with Gasteiger partial charge in [0.25, 0.3) is 5.91 Å². The van der Waals surface area contributed by atoms with Gasteiger partial charge in [-0.2, -0.15) is 0 Å². The van der Waals surface area contributed by atoms with Gasteiger partial charge in [0.15, 0.2) is 0 Å². The van der Waals surface area contributed by atoms with Crippen LogP contribution in [-0.4, -0.2) is 35.5 Å². The van der Waals surface area contributed by atoms with Gasteiger partial charge in [-0.25, -0.2) is 0 Å². The molecule has 0 bridgehead atoms. The number of methoxy groups -OCH3 is 1. The van der Waals surface area contributed by atoms with Crippen molar-refractivity contribution >= 4 is 11.9 Å². The van der Waals surface area contributed by atoms with E-state index in [-0.39, 0.29) is 18.1 Å². The minimum Gasteiger partial charge on any atom is -0.496 e. The van der Waals surface area contributed by atoms with Crippen LogP contribution < -0.4 is 4.74 Å². The predicted molar refractivity (Wildman–Crippen MR) is 86.2 cm³/mol. The van der Waals surface area contributed by atoms with Crippen LogP contribution in [0.5, 0.6) is 5.75 Å². The van der Waals surface area contributed by atoms with Gasteiger partial charge in [-0.3, -0.25) is 9.59 Å². The Hall–Kier alpha value is -2.76. The van der Waals surface area contributed by atoms with Crippen molar-refractivity contribution in [1.29, 1.82) is 0 Å². The number of aryl methyl sites for hydroxylation is 1. The molecule has 0 aliphatic carbocycles. The number of fused-ring (bicyclic) bond motifs is 1. The number of carbonyl (C=O) groups excluding carboxylic acids is 1. The van der Waals surface area contributed by atoms with Crippen LogP contribution in [0, 0.1) is 6.92 Å². The number of hydrogen-bond acceptors (Lipinski definition) is 4. The molecule has 6 nitrogen and oxygen atoms in total. The summed E-state index contributed by atoms with van der Waals surface area (Å²) >= 11 is 0. The minimum atomic E-state index is -1.02. The molecule has 1 aliphatic rings. The summed E-state index contributed by atoms with van der Waals surface area (Å²) in [6, 6.07) is 5.81. The molecule has 0 saturated heterocycles. The summed E-state index contributed by atoms with van der Waals surface area (Å²) in [5.74, 6) is -0.162. The SMILES string of the molecule is COc1cccc2c1CCN(C(=O)c1c(C)coc1CC(=O)O)C2. The molecule has 0 saturated carbocycles. The van der Waals surface area contributed by atoms with Crippen molar-refractivity contribution in [3.8, 4) is 5.75 Å². The van der Waals surface area contributed by atoms with Crippen LogP contribution in [0.3, 0.4) is 0 Å². The zero-order valence-corrected chi connectivity index (χ0v) is 13.7. The number of carboxylic acid groups (broad SMARTS) is 1. The largest absolute Gasteiger partial charge is 0.496 e. The normalized spacial score (nSPS) is 13.5. The Morgan fingerprint density at radius 3 is 2.88 bits per heavy atom. The van der Waals surface area contributed by atoms with Gasteiger partial charge < -0.3 is 19.2 Å². The van der Waals surface area contributed by atoms with Gasteiger partial charge in [0.2, 0.25) is 0 Å². The molecule has 1 aliphatic heterocycles. The van der Waals surface area contributed by atoms with E-state index < -0.39 is 5.97 Å². The number of amides is 1. The number of aliphatic carboxylic acids is 1. The highest BCUT2D eigenvalue weighted by Crippen LogP contribution is 2.29. The molecule has 1 aromatic carbocycles. The van der Waals surface area contributed by atoms with Crippen LogP contribution in [0.4, 0.5) is 0 Å². The lowest BCUT2D eigenvalue weighted by molar-refractivity contribution is -0.136. The molecule has 0 radical (unpaired) electrons. The number of carboxylic acids is 1. The average Bonchev–Trinajstić information content (AvgIpc) is 2.92. The van der Waals surface area contributed by atoms with Crippen molar-refractivity contribution in [2.75, 3.05) is 13.7 Å². The molecule has 6 heteroatoms. The maximum Gasteiger partial charge on any atom is 0.311 e. The highest BCUT2D eigenvalue weighted by Gasteiger charge is 2.28. The Kier molecular flexibility index (Phi) is 4.29. The Bertz CT molecular complexity index is 793. The summed E-state index contributed by atoms with van der Waals surface area (Å²) in [5.41, 5.74) is 3.20. The molecular formula is C18H19NO5. The van der Waals surface area contributed by atoms with Gasteiger partial charge in [-0.15, -0.1) is 0 Å². The third kappa shape index (κ3) is 2.87. The van der Waals surface area contributed by atoms with E-state index in [9.17, 15) is 9.59 Å². The van der Waals surface area contributed by atoms with Gasteiger partial charge >= 0.3 is 5.97 Å². The maximum absolute atomic E-state index is 12.9. The molecule has 1 N–H and O–H groups in total. The lowest BCUT2D eigenvalue weighted by Crippen LogP contribution is -2.36. The number of hydrogen-bond donors (Lipinski definition) is 1. The fourth-order valence-electron chi connectivity index (χ4n) is 3.15. The molecule has 3 rings (SSSR count). The molecule has 126 valence electrons. The molecule has 1 amide bonds. The van der Waals surface area contributed by atoms with Crippen molar-refractivity contribution in [1.82, 2.24) is 4.90 Å². The van der Waals surface area contributed by atoms with Gasteiger partial charge in [-0.05, 0) is 25.0 Å². The highest BCUT2D eigenvalue weighted by molar-refractivity contribution is 5.97. The fourth-order valence-corrected chi connectivity index (χ4v) is 3.15. The fraction of sp³-hybridized carbons (Fsp3) is 0.333. The highest BCUT2D eigenvalue weighted by atomic mass is 16.5. The molecule has 2 heterocycles. The average molecular weight is 329 g/mol. The van der Waals surface area contributed by atoms with Crippen LogP contribution >= 0.6 is 0 Å². The van der Waals surface area contributed by atoms with E-state index in [1.165, 1.54) is 6.26 Å². The van der Waals surface area contributed by atoms with Gasteiger partial charge in [0.1, 0.15) is 17.9 Å². The quantitative estimate of drug-likeness (QED) is 0.932. The van der Waals surface area contributed by atoms with E-state index in [1.54, 1.807) is 18.9 Å².